The summed E-state index contributed by atoms with van der Waals surface area (Å²) in [6, 6.07) is 11.7. The summed E-state index contributed by atoms with van der Waals surface area (Å²) in [6.45, 7) is 0.741. The minimum atomic E-state index is 0.584. The molecule has 0 saturated heterocycles. The molecule has 1 heterocycles. The highest BCUT2D eigenvalue weighted by atomic mass is 35.5. The van der Waals surface area contributed by atoms with Crippen molar-refractivity contribution in [2.45, 2.75) is 6.42 Å². The van der Waals surface area contributed by atoms with Crippen LogP contribution in [0.15, 0.2) is 36.4 Å². The molecule has 0 amide bonds. The van der Waals surface area contributed by atoms with Crippen LogP contribution >= 0.6 is 23.2 Å². The zero-order valence-electron chi connectivity index (χ0n) is 9.04. The summed E-state index contributed by atoms with van der Waals surface area (Å²) >= 11 is 12.3. The molecule has 0 fully saturated rings. The van der Waals surface area contributed by atoms with E-state index in [4.69, 9.17) is 27.9 Å². The Morgan fingerprint density at radius 1 is 0.941 bits per heavy atom. The van der Waals surface area contributed by atoms with E-state index in [0.29, 0.717) is 10.0 Å². The van der Waals surface area contributed by atoms with Gasteiger partial charge in [-0.15, -0.1) is 0 Å². The van der Waals surface area contributed by atoms with Crippen LogP contribution in [0.5, 0.6) is 5.75 Å². The van der Waals surface area contributed by atoms with Gasteiger partial charge in [0.2, 0.25) is 0 Å². The van der Waals surface area contributed by atoms with Crippen LogP contribution in [0.25, 0.3) is 11.1 Å². The average molecular weight is 265 g/mol. The second-order valence-electron chi connectivity index (χ2n) is 3.98. The first-order valence-electron chi connectivity index (χ1n) is 5.46. The van der Waals surface area contributed by atoms with E-state index < -0.39 is 0 Å². The largest absolute Gasteiger partial charge is 0.493 e. The lowest BCUT2D eigenvalue weighted by atomic mass is 9.98. The summed E-state index contributed by atoms with van der Waals surface area (Å²) in [6.07, 6.45) is 0.925. The van der Waals surface area contributed by atoms with Crippen molar-refractivity contribution in [3.8, 4) is 16.9 Å². The van der Waals surface area contributed by atoms with Gasteiger partial charge >= 0.3 is 0 Å². The summed E-state index contributed by atoms with van der Waals surface area (Å²) in [5.74, 6) is 0.957. The molecular weight excluding hydrogens is 255 g/mol. The highest BCUT2D eigenvalue weighted by molar-refractivity contribution is 6.43. The van der Waals surface area contributed by atoms with Gasteiger partial charge in [0.15, 0.2) is 0 Å². The van der Waals surface area contributed by atoms with Crippen LogP contribution in [0.4, 0.5) is 0 Å². The Morgan fingerprint density at radius 3 is 2.59 bits per heavy atom. The van der Waals surface area contributed by atoms with Gasteiger partial charge in [0, 0.05) is 17.5 Å². The Morgan fingerprint density at radius 2 is 1.71 bits per heavy atom. The Hall–Kier alpha value is -1.18. The molecule has 0 radical (unpaired) electrons. The lowest BCUT2D eigenvalue weighted by Gasteiger charge is -2.09. The predicted octanol–water partition coefficient (Wildman–Crippen LogP) is 4.60. The van der Waals surface area contributed by atoms with Crippen molar-refractivity contribution < 1.29 is 4.74 Å². The van der Waals surface area contributed by atoms with Crippen molar-refractivity contribution in [2.24, 2.45) is 0 Å². The van der Waals surface area contributed by atoms with Crippen molar-refractivity contribution in [3.05, 3.63) is 52.0 Å². The fourth-order valence-electron chi connectivity index (χ4n) is 2.19. The minimum absolute atomic E-state index is 0.584. The summed E-state index contributed by atoms with van der Waals surface area (Å²) in [5.41, 5.74) is 3.31. The van der Waals surface area contributed by atoms with Crippen molar-refractivity contribution >= 4 is 23.2 Å². The maximum atomic E-state index is 6.26. The van der Waals surface area contributed by atoms with Crippen LogP contribution in [0.2, 0.25) is 10.0 Å². The second-order valence-corrected chi connectivity index (χ2v) is 4.77. The van der Waals surface area contributed by atoms with Crippen LogP contribution in [0, 0.1) is 0 Å². The lowest BCUT2D eigenvalue weighted by Crippen LogP contribution is -1.88. The van der Waals surface area contributed by atoms with Gasteiger partial charge in [-0.1, -0.05) is 47.5 Å². The molecule has 1 aliphatic heterocycles. The molecule has 1 nitrogen and oxygen atoms in total. The molecule has 0 spiro atoms. The number of rotatable bonds is 1. The van der Waals surface area contributed by atoms with E-state index in [1.807, 2.05) is 24.3 Å². The zero-order valence-corrected chi connectivity index (χ0v) is 10.6. The monoisotopic (exact) mass is 264 g/mol. The SMILES string of the molecule is Clc1cccc(-c2cccc3c2CCO3)c1Cl. The van der Waals surface area contributed by atoms with Crippen molar-refractivity contribution in [1.29, 1.82) is 0 Å². The Balaban J connectivity index is 2.23. The molecule has 0 bridgehead atoms. The van der Waals surface area contributed by atoms with E-state index >= 15 is 0 Å². The lowest BCUT2D eigenvalue weighted by molar-refractivity contribution is 0.357. The molecule has 17 heavy (non-hydrogen) atoms. The third-order valence-electron chi connectivity index (χ3n) is 2.98. The van der Waals surface area contributed by atoms with Gasteiger partial charge in [-0.05, 0) is 17.7 Å². The maximum Gasteiger partial charge on any atom is 0.123 e. The van der Waals surface area contributed by atoms with E-state index in [1.165, 1.54) is 5.56 Å². The first-order valence-corrected chi connectivity index (χ1v) is 6.22. The highest BCUT2D eigenvalue weighted by Crippen LogP contribution is 2.39. The minimum Gasteiger partial charge on any atom is -0.493 e. The van der Waals surface area contributed by atoms with Gasteiger partial charge in [0.05, 0.1) is 16.7 Å². The van der Waals surface area contributed by atoms with Crippen LogP contribution < -0.4 is 4.74 Å². The summed E-state index contributed by atoms with van der Waals surface area (Å²) < 4.78 is 5.55. The summed E-state index contributed by atoms with van der Waals surface area (Å²) in [4.78, 5) is 0. The molecule has 3 heteroatoms. The molecule has 86 valence electrons. The molecule has 0 aromatic heterocycles. The first kappa shape index (κ1) is 10.9. The second kappa shape index (κ2) is 4.25. The average Bonchev–Trinajstić information content (AvgIpc) is 2.81. The quantitative estimate of drug-likeness (QED) is 0.732. The number of hydrogen-bond acceptors (Lipinski definition) is 1. The molecule has 2 aromatic carbocycles. The van der Waals surface area contributed by atoms with Gasteiger partial charge in [-0.3, -0.25) is 0 Å². The smallest absolute Gasteiger partial charge is 0.123 e. The molecule has 1 aliphatic rings. The topological polar surface area (TPSA) is 9.23 Å². The fourth-order valence-corrected chi connectivity index (χ4v) is 2.59. The predicted molar refractivity (Wildman–Crippen MR) is 71.1 cm³/mol. The molecule has 2 aromatic rings. The van der Waals surface area contributed by atoms with Crippen LogP contribution in [0.1, 0.15) is 5.56 Å². The standard InChI is InChI=1S/C14H10Cl2O/c15-12-5-1-4-11(14(12)16)9-3-2-6-13-10(9)7-8-17-13/h1-6H,7-8H2. The molecule has 0 aliphatic carbocycles. The number of hydrogen-bond donors (Lipinski definition) is 0. The fraction of sp³-hybridized carbons (Fsp3) is 0.143. The first-order chi connectivity index (χ1) is 8.27. The van der Waals surface area contributed by atoms with E-state index in [9.17, 15) is 0 Å². The molecule has 3 rings (SSSR count). The molecule has 0 atom stereocenters. The van der Waals surface area contributed by atoms with E-state index in [-0.39, 0.29) is 0 Å². The van der Waals surface area contributed by atoms with Gasteiger partial charge in [0.25, 0.3) is 0 Å². The van der Waals surface area contributed by atoms with E-state index in [0.717, 1.165) is 29.9 Å². The van der Waals surface area contributed by atoms with Gasteiger partial charge in [0.1, 0.15) is 5.75 Å². The van der Waals surface area contributed by atoms with Gasteiger partial charge < -0.3 is 4.74 Å². The zero-order chi connectivity index (χ0) is 11.8. The van der Waals surface area contributed by atoms with Crippen molar-refractivity contribution in [1.82, 2.24) is 0 Å². The highest BCUT2D eigenvalue weighted by Gasteiger charge is 2.18. The van der Waals surface area contributed by atoms with Crippen LogP contribution in [-0.4, -0.2) is 6.61 Å². The van der Waals surface area contributed by atoms with Gasteiger partial charge in [-0.25, -0.2) is 0 Å². The number of benzene rings is 2. The Labute approximate surface area is 110 Å². The normalized spacial score (nSPS) is 13.3. The Kier molecular flexibility index (Phi) is 2.73. The van der Waals surface area contributed by atoms with Crippen LogP contribution in [-0.2, 0) is 6.42 Å². The maximum absolute atomic E-state index is 6.26. The van der Waals surface area contributed by atoms with E-state index in [1.54, 1.807) is 6.07 Å². The van der Waals surface area contributed by atoms with Crippen molar-refractivity contribution in [3.63, 3.8) is 0 Å². The molecular formula is C14H10Cl2O. The number of halogens is 2. The molecule has 0 saturated carbocycles. The van der Waals surface area contributed by atoms with Crippen molar-refractivity contribution in [2.75, 3.05) is 6.61 Å². The summed E-state index contributed by atoms with van der Waals surface area (Å²) in [7, 11) is 0. The van der Waals surface area contributed by atoms with E-state index in [2.05, 4.69) is 6.07 Å². The third-order valence-corrected chi connectivity index (χ3v) is 3.80. The third kappa shape index (κ3) is 1.80. The molecule has 0 N–H and O–H groups in total. The number of fused-ring (bicyclic) bond motifs is 1. The summed E-state index contributed by atoms with van der Waals surface area (Å²) in [5, 5.41) is 1.19. The Bertz CT molecular complexity index is 578. The molecule has 0 unspecified atom stereocenters. The van der Waals surface area contributed by atoms with Gasteiger partial charge in [-0.2, -0.15) is 0 Å². The number of ether oxygens (including phenoxy) is 1. The van der Waals surface area contributed by atoms with Crippen LogP contribution in [0.3, 0.4) is 0 Å².